The molecule has 0 radical (unpaired) electrons. The predicted octanol–water partition coefficient (Wildman–Crippen LogP) is 5.48. The second-order valence-electron chi connectivity index (χ2n) is 11.7. The van der Waals surface area contributed by atoms with E-state index in [0.29, 0.717) is 41.0 Å². The van der Waals surface area contributed by atoms with Crippen LogP contribution >= 0.6 is 0 Å². The third-order valence-corrected chi connectivity index (χ3v) is 9.04. The lowest BCUT2D eigenvalue weighted by Crippen LogP contribution is -2.47. The van der Waals surface area contributed by atoms with E-state index < -0.39 is 12.1 Å². The van der Waals surface area contributed by atoms with Gasteiger partial charge in [0.25, 0.3) is 11.8 Å². The molecule has 0 unspecified atom stereocenters. The Morgan fingerprint density at radius 2 is 1.67 bits per heavy atom. The number of aromatic nitrogens is 1. The van der Waals surface area contributed by atoms with E-state index in [2.05, 4.69) is 51.5 Å². The van der Waals surface area contributed by atoms with Crippen LogP contribution in [0.25, 0.3) is 0 Å². The molecule has 3 heterocycles. The summed E-state index contributed by atoms with van der Waals surface area (Å²) in [6, 6.07) is 22.4. The van der Waals surface area contributed by atoms with E-state index in [1.165, 1.54) is 29.8 Å². The minimum atomic E-state index is -0.696. The Hall–Kier alpha value is -5.36. The van der Waals surface area contributed by atoms with E-state index in [4.69, 9.17) is 18.7 Å². The van der Waals surface area contributed by atoms with Crippen LogP contribution in [0.1, 0.15) is 63.7 Å². The first-order valence-electron chi connectivity index (χ1n) is 16.0. The van der Waals surface area contributed by atoms with Gasteiger partial charge in [-0.2, -0.15) is 0 Å². The number of carbonyl (C=O) groups is 3. The number of fused-ring (bicyclic) bond motifs is 1. The minimum absolute atomic E-state index is 0.0235. The number of hydrogen-bond acceptors (Lipinski definition) is 10. The summed E-state index contributed by atoms with van der Waals surface area (Å²) in [5.41, 5.74) is 3.55. The molecule has 1 fully saturated rings. The molecule has 1 aromatic heterocycles. The normalized spacial score (nSPS) is 16.0. The van der Waals surface area contributed by atoms with Gasteiger partial charge in [-0.05, 0) is 55.2 Å². The minimum Gasteiger partial charge on any atom is -0.493 e. The predicted molar refractivity (Wildman–Crippen MR) is 178 cm³/mol. The molecule has 6 rings (SSSR count). The number of hydrogen-bond donors (Lipinski definition) is 1. The van der Waals surface area contributed by atoms with E-state index >= 15 is 0 Å². The zero-order chi connectivity index (χ0) is 33.6. The molecule has 12 heteroatoms. The van der Waals surface area contributed by atoms with Gasteiger partial charge in [0.15, 0.2) is 11.5 Å². The fourth-order valence-corrected chi connectivity index (χ4v) is 6.50. The van der Waals surface area contributed by atoms with Gasteiger partial charge in [0.05, 0.1) is 43.3 Å². The molecule has 1 N–H and O–H groups in total. The molecule has 2 atom stereocenters. The highest BCUT2D eigenvalue weighted by Gasteiger charge is 2.43. The average molecular weight is 654 g/mol. The molecule has 48 heavy (non-hydrogen) atoms. The maximum atomic E-state index is 14.3. The molecule has 2 aliphatic rings. The van der Waals surface area contributed by atoms with Gasteiger partial charge in [-0.15, -0.1) is 0 Å². The number of anilines is 1. The molecule has 12 nitrogen and oxygen atoms in total. The van der Waals surface area contributed by atoms with Crippen LogP contribution in [0, 0.1) is 0 Å². The Labute approximate surface area is 279 Å². The van der Waals surface area contributed by atoms with Crippen molar-refractivity contribution in [2.75, 3.05) is 51.8 Å². The van der Waals surface area contributed by atoms with Crippen LogP contribution in [-0.4, -0.2) is 79.8 Å². The number of nitrogens with zero attached hydrogens (tertiary/aromatic N) is 4. The summed E-state index contributed by atoms with van der Waals surface area (Å²) in [7, 11) is 3.09. The Kier molecular flexibility index (Phi) is 9.91. The molecule has 250 valence electrons. The van der Waals surface area contributed by atoms with Crippen LogP contribution in [0.5, 0.6) is 17.4 Å². The van der Waals surface area contributed by atoms with Crippen LogP contribution in [-0.2, 0) is 0 Å². The maximum absolute atomic E-state index is 14.3. The molecule has 2 aliphatic heterocycles. The van der Waals surface area contributed by atoms with Crippen molar-refractivity contribution < 1.29 is 33.1 Å². The van der Waals surface area contributed by atoms with E-state index in [-0.39, 0.29) is 30.3 Å². The van der Waals surface area contributed by atoms with Gasteiger partial charge in [-0.3, -0.25) is 19.4 Å². The largest absolute Gasteiger partial charge is 0.493 e. The number of carbonyl (C=O) groups excluding carboxylic acids is 3. The second-order valence-corrected chi connectivity index (χ2v) is 11.7. The summed E-state index contributed by atoms with van der Waals surface area (Å²) in [5.74, 6) is 0.286. The first-order valence-corrected chi connectivity index (χ1v) is 16.0. The summed E-state index contributed by atoms with van der Waals surface area (Å²) in [4.78, 5) is 46.6. The summed E-state index contributed by atoms with van der Waals surface area (Å²) < 4.78 is 20.9. The van der Waals surface area contributed by atoms with Gasteiger partial charge in [0.2, 0.25) is 0 Å². The monoisotopic (exact) mass is 653 g/mol. The van der Waals surface area contributed by atoms with Crippen molar-refractivity contribution in [3.8, 4) is 17.4 Å². The van der Waals surface area contributed by atoms with E-state index in [0.717, 1.165) is 31.9 Å². The average Bonchev–Trinajstić information content (AvgIpc) is 3.73. The van der Waals surface area contributed by atoms with Crippen LogP contribution in [0.15, 0.2) is 83.5 Å². The Morgan fingerprint density at radius 3 is 2.38 bits per heavy atom. The Balaban J connectivity index is 1.21. The van der Waals surface area contributed by atoms with E-state index in [1.807, 2.05) is 24.3 Å². The number of benzene rings is 3. The highest BCUT2D eigenvalue weighted by atomic mass is 16.7. The lowest BCUT2D eigenvalue weighted by Gasteiger charge is -2.39. The Bertz CT molecular complexity index is 1740. The van der Waals surface area contributed by atoms with Crippen molar-refractivity contribution in [1.82, 2.24) is 20.3 Å². The number of imide groups is 1. The number of piperazine rings is 1. The lowest BCUT2D eigenvalue weighted by atomic mass is 9.99. The first-order chi connectivity index (χ1) is 23.4. The molecule has 3 aromatic carbocycles. The van der Waals surface area contributed by atoms with Gasteiger partial charge in [0, 0.05) is 44.8 Å². The number of rotatable bonds is 12. The summed E-state index contributed by atoms with van der Waals surface area (Å²) in [5, 5.41) is 6.19. The van der Waals surface area contributed by atoms with Crippen molar-refractivity contribution >= 4 is 23.6 Å². The molecule has 3 amide bonds. The number of nitrogens with one attached hydrogen (secondary N) is 1. The van der Waals surface area contributed by atoms with Crippen molar-refractivity contribution in [3.05, 3.63) is 101 Å². The summed E-state index contributed by atoms with van der Waals surface area (Å²) >= 11 is 0. The molecular weight excluding hydrogens is 614 g/mol. The number of methoxy groups -OCH3 is 2. The molecule has 1 saturated heterocycles. The fraction of sp³-hybridized carbons (Fsp3) is 0.333. The van der Waals surface area contributed by atoms with E-state index in [1.54, 1.807) is 25.3 Å². The second kappa shape index (κ2) is 14.6. The van der Waals surface area contributed by atoms with Crippen LogP contribution in [0.3, 0.4) is 0 Å². The lowest BCUT2D eigenvalue weighted by molar-refractivity contribution is 0.0571. The maximum Gasteiger partial charge on any atom is 0.415 e. The third-order valence-electron chi connectivity index (χ3n) is 9.04. The van der Waals surface area contributed by atoms with Gasteiger partial charge >= 0.3 is 12.0 Å². The number of ether oxygens (including phenoxy) is 3. The molecular formula is C36H39N5O7. The fourth-order valence-electron chi connectivity index (χ4n) is 6.50. The molecule has 0 saturated carbocycles. The van der Waals surface area contributed by atoms with Crippen molar-refractivity contribution in [1.29, 1.82) is 0 Å². The van der Waals surface area contributed by atoms with Gasteiger partial charge in [-0.1, -0.05) is 47.6 Å². The summed E-state index contributed by atoms with van der Waals surface area (Å²) in [6.45, 7) is 5.55. The molecule has 0 aliphatic carbocycles. The third kappa shape index (κ3) is 6.70. The van der Waals surface area contributed by atoms with Gasteiger partial charge in [0.1, 0.15) is 0 Å². The quantitative estimate of drug-likeness (QED) is 0.155. The zero-order valence-corrected chi connectivity index (χ0v) is 27.3. The van der Waals surface area contributed by atoms with Crippen molar-refractivity contribution in [3.63, 3.8) is 0 Å². The van der Waals surface area contributed by atoms with Crippen LogP contribution in [0.2, 0.25) is 0 Å². The van der Waals surface area contributed by atoms with Gasteiger partial charge in [-0.25, -0.2) is 4.79 Å². The van der Waals surface area contributed by atoms with Crippen molar-refractivity contribution in [2.24, 2.45) is 0 Å². The van der Waals surface area contributed by atoms with Crippen LogP contribution in [0.4, 0.5) is 10.5 Å². The molecule has 0 spiro atoms. The first kappa shape index (κ1) is 32.6. The summed E-state index contributed by atoms with van der Waals surface area (Å²) in [6.07, 6.45) is 1.48. The Morgan fingerprint density at radius 1 is 0.896 bits per heavy atom. The highest BCUT2D eigenvalue weighted by Crippen LogP contribution is 2.40. The standard InChI is InChI=1S/C36H39N5O7/c1-24(25-9-5-4-6-10-25)39-19-21-40(22-20-39)29-12-7-11-27-33(29)35(43)41(34(27)42)28(26-14-15-30(45-2)31(23-26)46-3)13-8-17-37-36(44)47-32-16-18-38-48-32/h4-7,9-12,14-16,18,23-24,28H,8,13,17,19-22H2,1-3H3,(H,37,44)/t24-,28-/m1/s1. The number of amides is 3. The highest BCUT2D eigenvalue weighted by molar-refractivity contribution is 6.24. The van der Waals surface area contributed by atoms with E-state index in [9.17, 15) is 14.4 Å². The zero-order valence-electron chi connectivity index (χ0n) is 27.3. The SMILES string of the molecule is COc1ccc([C@@H](CCCNC(=O)Oc2ccno2)N2C(=O)c3cccc(N4CCN([C@H](C)c5ccccc5)CC4)c3C2=O)cc1OC. The molecule has 4 aromatic rings. The molecule has 0 bridgehead atoms. The van der Waals surface area contributed by atoms with Crippen molar-refractivity contribution in [2.45, 2.75) is 31.8 Å². The van der Waals surface area contributed by atoms with Gasteiger partial charge < -0.3 is 29.0 Å². The topological polar surface area (TPSA) is 127 Å². The van der Waals surface area contributed by atoms with Crippen LogP contribution < -0.4 is 24.4 Å². The smallest absolute Gasteiger partial charge is 0.415 e.